The van der Waals surface area contributed by atoms with Crippen LogP contribution in [0.15, 0.2) is 24.3 Å². The van der Waals surface area contributed by atoms with E-state index < -0.39 is 5.54 Å². The highest BCUT2D eigenvalue weighted by Crippen LogP contribution is 2.14. The smallest absolute Gasteiger partial charge is 0.223 e. The molecule has 0 aliphatic carbocycles. The first-order valence-corrected chi connectivity index (χ1v) is 13.5. The second-order valence-electron chi connectivity index (χ2n) is 10.3. The standard InChI is InChI=1S/C27H48N8O4/c1-27(2,31)11-17-34(25(38)9-7-23(36)32-15-12-28)19-21-3-5-22(6-4-21)20-35(18-14-30)26(39)10-8-24(37)33-16-13-29/h3-6H,7-20,28-31H2,1-2H3,(H,32,36)(H,33,37). The molecule has 0 spiro atoms. The molecule has 4 amide bonds. The van der Waals surface area contributed by atoms with Crippen LogP contribution in [0.4, 0.5) is 0 Å². The molecular formula is C27H48N8O4. The lowest BCUT2D eigenvalue weighted by Crippen LogP contribution is -2.40. The molecule has 0 fully saturated rings. The molecule has 0 unspecified atom stereocenters. The van der Waals surface area contributed by atoms with Crippen molar-refractivity contribution in [3.8, 4) is 0 Å². The molecule has 0 atom stereocenters. The molecule has 0 heterocycles. The van der Waals surface area contributed by atoms with Crippen molar-refractivity contribution in [1.29, 1.82) is 0 Å². The van der Waals surface area contributed by atoms with E-state index >= 15 is 0 Å². The summed E-state index contributed by atoms with van der Waals surface area (Å²) in [5, 5.41) is 5.34. The molecule has 0 bridgehead atoms. The van der Waals surface area contributed by atoms with E-state index in [2.05, 4.69) is 10.6 Å². The van der Waals surface area contributed by atoms with E-state index in [1.54, 1.807) is 9.80 Å². The van der Waals surface area contributed by atoms with Crippen LogP contribution in [0.5, 0.6) is 0 Å². The molecule has 12 nitrogen and oxygen atoms in total. The van der Waals surface area contributed by atoms with Gasteiger partial charge in [-0.1, -0.05) is 24.3 Å². The average Bonchev–Trinajstić information content (AvgIpc) is 2.90. The van der Waals surface area contributed by atoms with Gasteiger partial charge in [0.1, 0.15) is 0 Å². The number of nitrogens with two attached hydrogens (primary N) is 4. The average molecular weight is 549 g/mol. The van der Waals surface area contributed by atoms with E-state index in [1.807, 2.05) is 38.1 Å². The van der Waals surface area contributed by atoms with Crippen LogP contribution < -0.4 is 33.6 Å². The summed E-state index contributed by atoms with van der Waals surface area (Å²) in [5.41, 5.74) is 24.0. The first-order valence-electron chi connectivity index (χ1n) is 13.5. The summed E-state index contributed by atoms with van der Waals surface area (Å²) in [5.74, 6) is -0.685. The number of benzene rings is 1. The number of amides is 4. The Labute approximate surface area is 232 Å². The maximum absolute atomic E-state index is 13.0. The third kappa shape index (κ3) is 15.2. The molecule has 39 heavy (non-hydrogen) atoms. The van der Waals surface area contributed by atoms with E-state index in [0.717, 1.165) is 11.1 Å². The third-order valence-corrected chi connectivity index (χ3v) is 5.97. The van der Waals surface area contributed by atoms with E-state index in [-0.39, 0.29) is 49.3 Å². The Morgan fingerprint density at radius 1 is 0.692 bits per heavy atom. The molecule has 220 valence electrons. The number of carbonyl (C=O) groups is 4. The van der Waals surface area contributed by atoms with Crippen molar-refractivity contribution < 1.29 is 19.2 Å². The van der Waals surface area contributed by atoms with Crippen molar-refractivity contribution >= 4 is 23.6 Å². The summed E-state index contributed by atoms with van der Waals surface area (Å²) in [6, 6.07) is 7.66. The zero-order chi connectivity index (χ0) is 29.3. The molecule has 0 aromatic heterocycles. The molecule has 0 radical (unpaired) electrons. The van der Waals surface area contributed by atoms with Gasteiger partial charge in [-0.15, -0.1) is 0 Å². The Balaban J connectivity index is 2.80. The predicted molar refractivity (Wildman–Crippen MR) is 152 cm³/mol. The Hall–Kier alpha value is -3.06. The van der Waals surface area contributed by atoms with E-state index in [9.17, 15) is 19.2 Å². The minimum atomic E-state index is -0.440. The number of hydrogen-bond donors (Lipinski definition) is 6. The highest BCUT2D eigenvalue weighted by Gasteiger charge is 2.20. The van der Waals surface area contributed by atoms with Crippen molar-refractivity contribution in [2.45, 2.75) is 64.6 Å². The van der Waals surface area contributed by atoms with Crippen molar-refractivity contribution in [2.24, 2.45) is 22.9 Å². The highest BCUT2D eigenvalue weighted by atomic mass is 16.2. The molecular weight excluding hydrogens is 500 g/mol. The Morgan fingerprint density at radius 3 is 1.46 bits per heavy atom. The van der Waals surface area contributed by atoms with Gasteiger partial charge in [-0.25, -0.2) is 0 Å². The first kappa shape index (κ1) is 34.0. The summed E-state index contributed by atoms with van der Waals surface area (Å²) in [7, 11) is 0. The molecule has 12 heteroatoms. The van der Waals surface area contributed by atoms with Crippen LogP contribution in [0.25, 0.3) is 0 Å². The van der Waals surface area contributed by atoms with Crippen molar-refractivity contribution in [2.75, 3.05) is 45.8 Å². The van der Waals surface area contributed by atoms with E-state index in [1.165, 1.54) is 0 Å². The van der Waals surface area contributed by atoms with E-state index in [4.69, 9.17) is 22.9 Å². The maximum atomic E-state index is 13.0. The molecule has 0 saturated carbocycles. The van der Waals surface area contributed by atoms with Gasteiger partial charge in [-0.05, 0) is 31.4 Å². The summed E-state index contributed by atoms with van der Waals surface area (Å²) < 4.78 is 0. The van der Waals surface area contributed by atoms with Crippen LogP contribution in [-0.4, -0.2) is 84.8 Å². The molecule has 1 aromatic carbocycles. The third-order valence-electron chi connectivity index (χ3n) is 5.97. The summed E-state index contributed by atoms with van der Waals surface area (Å²) in [4.78, 5) is 52.8. The lowest BCUT2D eigenvalue weighted by Gasteiger charge is -2.27. The summed E-state index contributed by atoms with van der Waals surface area (Å²) in [6.07, 6.45) is 0.987. The van der Waals surface area contributed by atoms with Crippen LogP contribution in [0, 0.1) is 0 Å². The minimum absolute atomic E-state index is 0.0906. The van der Waals surface area contributed by atoms with Crippen LogP contribution in [0.1, 0.15) is 57.1 Å². The maximum Gasteiger partial charge on any atom is 0.223 e. The van der Waals surface area contributed by atoms with Gasteiger partial charge in [0.2, 0.25) is 23.6 Å². The van der Waals surface area contributed by atoms with Crippen LogP contribution in [0.3, 0.4) is 0 Å². The van der Waals surface area contributed by atoms with E-state index in [0.29, 0.717) is 65.3 Å². The van der Waals surface area contributed by atoms with Gasteiger partial charge in [0.25, 0.3) is 0 Å². The highest BCUT2D eigenvalue weighted by molar-refractivity contribution is 5.84. The van der Waals surface area contributed by atoms with Gasteiger partial charge in [0.05, 0.1) is 0 Å². The Morgan fingerprint density at radius 2 is 1.10 bits per heavy atom. The minimum Gasteiger partial charge on any atom is -0.355 e. The van der Waals surface area contributed by atoms with Gasteiger partial charge >= 0.3 is 0 Å². The number of nitrogens with one attached hydrogen (secondary N) is 2. The normalized spacial score (nSPS) is 11.1. The molecule has 0 aliphatic rings. The zero-order valence-electron chi connectivity index (χ0n) is 23.5. The quantitative estimate of drug-likeness (QED) is 0.128. The second-order valence-corrected chi connectivity index (χ2v) is 10.3. The van der Waals surface area contributed by atoms with Gasteiger partial charge in [0.15, 0.2) is 0 Å². The van der Waals surface area contributed by atoms with Gasteiger partial charge in [-0.3, -0.25) is 19.2 Å². The fourth-order valence-corrected chi connectivity index (χ4v) is 3.71. The number of nitrogens with zero attached hydrogens (tertiary/aromatic N) is 2. The van der Waals surface area contributed by atoms with Crippen LogP contribution in [0.2, 0.25) is 0 Å². The number of carbonyl (C=O) groups excluding carboxylic acids is 4. The summed E-state index contributed by atoms with van der Waals surface area (Å²) in [6.45, 7) is 7.15. The fourth-order valence-electron chi connectivity index (χ4n) is 3.71. The van der Waals surface area contributed by atoms with Crippen LogP contribution >= 0.6 is 0 Å². The van der Waals surface area contributed by atoms with Crippen molar-refractivity contribution in [1.82, 2.24) is 20.4 Å². The number of hydrogen-bond acceptors (Lipinski definition) is 8. The molecule has 10 N–H and O–H groups in total. The molecule has 0 aliphatic heterocycles. The Kier molecular flexibility index (Phi) is 15.9. The number of rotatable bonds is 19. The lowest BCUT2D eigenvalue weighted by atomic mass is 10.0. The van der Waals surface area contributed by atoms with Gasteiger partial charge in [-0.2, -0.15) is 0 Å². The lowest BCUT2D eigenvalue weighted by molar-refractivity contribution is -0.134. The largest absolute Gasteiger partial charge is 0.355 e. The van der Waals surface area contributed by atoms with Crippen molar-refractivity contribution in [3.05, 3.63) is 35.4 Å². The fraction of sp³-hybridized carbons (Fsp3) is 0.630. The predicted octanol–water partition coefficient (Wildman–Crippen LogP) is -0.860. The molecule has 0 saturated heterocycles. The first-order chi connectivity index (χ1) is 18.5. The summed E-state index contributed by atoms with van der Waals surface area (Å²) >= 11 is 0. The second kappa shape index (κ2) is 18.3. The van der Waals surface area contributed by atoms with Gasteiger partial charge in [0, 0.05) is 90.1 Å². The topological polar surface area (TPSA) is 203 Å². The van der Waals surface area contributed by atoms with Crippen molar-refractivity contribution in [3.63, 3.8) is 0 Å². The van der Waals surface area contributed by atoms with Gasteiger partial charge < -0.3 is 43.4 Å². The molecule has 1 aromatic rings. The Bertz CT molecular complexity index is 902. The SMILES string of the molecule is CC(C)(N)CCN(Cc1ccc(CN(CCN)C(=O)CCC(=O)NCCN)cc1)C(=O)CCC(=O)NCCN. The monoisotopic (exact) mass is 548 g/mol. The zero-order valence-corrected chi connectivity index (χ0v) is 23.5. The molecule has 1 rings (SSSR count). The van der Waals surface area contributed by atoms with Crippen LogP contribution in [-0.2, 0) is 32.3 Å².